The summed E-state index contributed by atoms with van der Waals surface area (Å²) in [5, 5.41) is 7.12. The van der Waals surface area contributed by atoms with E-state index in [0.29, 0.717) is 25.9 Å². The molecule has 12 heteroatoms. The number of halogens is 5. The SMILES string of the molecule is O=C(N1CC2(CC(Oc3ncccc3F)CS2)C1)C1(F)CC1.O=C(O)C(F)(F)F. The van der Waals surface area contributed by atoms with E-state index in [0.717, 1.165) is 12.2 Å². The Morgan fingerprint density at radius 3 is 2.45 bits per heavy atom. The molecule has 2 saturated heterocycles. The molecule has 1 aromatic rings. The van der Waals surface area contributed by atoms with Gasteiger partial charge in [-0.05, 0) is 25.0 Å². The average molecular weight is 440 g/mol. The Bertz CT molecular complexity index is 796. The fourth-order valence-corrected chi connectivity index (χ4v) is 4.64. The second kappa shape index (κ2) is 7.62. The normalized spacial score (nSPS) is 23.6. The van der Waals surface area contributed by atoms with Gasteiger partial charge >= 0.3 is 12.1 Å². The third kappa shape index (κ3) is 4.90. The molecule has 1 amide bonds. The fourth-order valence-electron chi connectivity index (χ4n) is 3.11. The van der Waals surface area contributed by atoms with Gasteiger partial charge in [-0.3, -0.25) is 4.79 Å². The molecule has 1 atom stereocenters. The van der Waals surface area contributed by atoms with Crippen LogP contribution >= 0.6 is 11.8 Å². The van der Waals surface area contributed by atoms with E-state index in [1.165, 1.54) is 18.3 Å². The summed E-state index contributed by atoms with van der Waals surface area (Å²) in [4.78, 5) is 26.3. The lowest BCUT2D eigenvalue weighted by molar-refractivity contribution is -0.192. The van der Waals surface area contributed by atoms with Crippen molar-refractivity contribution in [2.45, 2.75) is 42.0 Å². The van der Waals surface area contributed by atoms with Crippen LogP contribution in [0.1, 0.15) is 19.3 Å². The van der Waals surface area contributed by atoms with Crippen LogP contribution in [0.15, 0.2) is 18.3 Å². The zero-order chi connectivity index (χ0) is 21.4. The van der Waals surface area contributed by atoms with E-state index in [2.05, 4.69) is 4.98 Å². The topological polar surface area (TPSA) is 79.7 Å². The molecule has 2 aliphatic heterocycles. The van der Waals surface area contributed by atoms with Crippen LogP contribution in [0.4, 0.5) is 22.0 Å². The van der Waals surface area contributed by atoms with Crippen LogP contribution in [0.5, 0.6) is 5.88 Å². The van der Waals surface area contributed by atoms with E-state index < -0.39 is 23.6 Å². The van der Waals surface area contributed by atoms with Crippen molar-refractivity contribution in [1.82, 2.24) is 9.88 Å². The number of thioether (sulfide) groups is 1. The Morgan fingerprint density at radius 1 is 1.31 bits per heavy atom. The number of carbonyl (C=O) groups excluding carboxylic acids is 1. The third-order valence-corrected chi connectivity index (χ3v) is 6.31. The summed E-state index contributed by atoms with van der Waals surface area (Å²) in [7, 11) is 0. The minimum atomic E-state index is -5.08. The van der Waals surface area contributed by atoms with Gasteiger partial charge in [-0.25, -0.2) is 18.6 Å². The fraction of sp³-hybridized carbons (Fsp3) is 0.588. The quantitative estimate of drug-likeness (QED) is 0.729. The minimum absolute atomic E-state index is 0.0260. The number of carboxylic acid groups (broad SMARTS) is 1. The lowest BCUT2D eigenvalue weighted by atomic mass is 9.92. The van der Waals surface area contributed by atoms with Crippen molar-refractivity contribution in [2.24, 2.45) is 0 Å². The number of likely N-dealkylation sites (tertiary alicyclic amines) is 1. The maximum absolute atomic E-state index is 13.8. The van der Waals surface area contributed by atoms with Crippen molar-refractivity contribution >= 4 is 23.6 Å². The van der Waals surface area contributed by atoms with Gasteiger partial charge in [0.15, 0.2) is 11.5 Å². The summed E-state index contributed by atoms with van der Waals surface area (Å²) in [5.41, 5.74) is -1.59. The Labute approximate surface area is 166 Å². The number of rotatable bonds is 3. The third-order valence-electron chi connectivity index (χ3n) is 4.74. The molecule has 0 aromatic carbocycles. The van der Waals surface area contributed by atoms with Crippen molar-refractivity contribution < 1.29 is 41.4 Å². The van der Waals surface area contributed by atoms with Crippen LogP contribution < -0.4 is 4.74 Å². The highest BCUT2D eigenvalue weighted by Crippen LogP contribution is 2.49. The summed E-state index contributed by atoms with van der Waals surface area (Å²) in [5.74, 6) is -2.82. The number of aromatic nitrogens is 1. The minimum Gasteiger partial charge on any atom is -0.475 e. The second-order valence-electron chi connectivity index (χ2n) is 7.16. The predicted molar refractivity (Wildman–Crippen MR) is 91.8 cm³/mol. The Kier molecular flexibility index (Phi) is 5.67. The number of hydrogen-bond donors (Lipinski definition) is 1. The summed E-state index contributed by atoms with van der Waals surface area (Å²) in [6.07, 6.45) is -2.26. The number of ether oxygens (including phenoxy) is 1. The van der Waals surface area contributed by atoms with Gasteiger partial charge in [-0.1, -0.05) is 0 Å². The predicted octanol–water partition coefficient (Wildman–Crippen LogP) is 2.82. The molecular weight excluding hydrogens is 423 g/mol. The molecule has 160 valence electrons. The second-order valence-corrected chi connectivity index (χ2v) is 8.65. The lowest BCUT2D eigenvalue weighted by Crippen LogP contribution is -2.62. The molecule has 1 aromatic heterocycles. The van der Waals surface area contributed by atoms with Crippen molar-refractivity contribution in [1.29, 1.82) is 0 Å². The lowest BCUT2D eigenvalue weighted by Gasteiger charge is -2.47. The molecule has 3 aliphatic rings. The molecule has 3 fully saturated rings. The molecule has 29 heavy (non-hydrogen) atoms. The van der Waals surface area contributed by atoms with Crippen LogP contribution in [0.2, 0.25) is 0 Å². The number of carboxylic acids is 1. The molecule has 1 N–H and O–H groups in total. The summed E-state index contributed by atoms with van der Waals surface area (Å²) in [6.45, 7) is 1.12. The number of aliphatic carboxylic acids is 1. The first-order valence-corrected chi connectivity index (χ1v) is 9.62. The van der Waals surface area contributed by atoms with Crippen LogP contribution in [0.3, 0.4) is 0 Å². The monoisotopic (exact) mass is 440 g/mol. The number of amides is 1. The first-order valence-electron chi connectivity index (χ1n) is 8.64. The Morgan fingerprint density at radius 2 is 1.93 bits per heavy atom. The van der Waals surface area contributed by atoms with E-state index >= 15 is 0 Å². The number of hydrogen-bond acceptors (Lipinski definition) is 5. The van der Waals surface area contributed by atoms with Gasteiger partial charge < -0.3 is 14.7 Å². The summed E-state index contributed by atoms with van der Waals surface area (Å²) >= 11 is 1.73. The van der Waals surface area contributed by atoms with E-state index in [4.69, 9.17) is 14.6 Å². The zero-order valence-corrected chi connectivity index (χ0v) is 15.7. The molecule has 1 spiro atoms. The Balaban J connectivity index is 0.000000298. The molecule has 3 heterocycles. The highest BCUT2D eigenvalue weighted by molar-refractivity contribution is 8.01. The van der Waals surface area contributed by atoms with Gasteiger partial charge in [0.1, 0.15) is 6.10 Å². The van der Waals surface area contributed by atoms with Crippen LogP contribution in [-0.4, -0.2) is 68.4 Å². The van der Waals surface area contributed by atoms with Crippen LogP contribution in [0.25, 0.3) is 0 Å². The van der Waals surface area contributed by atoms with Gasteiger partial charge in [0, 0.05) is 31.5 Å². The van der Waals surface area contributed by atoms with E-state index in [9.17, 15) is 26.7 Å². The zero-order valence-electron chi connectivity index (χ0n) is 14.9. The number of carbonyl (C=O) groups is 2. The molecule has 4 rings (SSSR count). The highest BCUT2D eigenvalue weighted by atomic mass is 32.2. The van der Waals surface area contributed by atoms with Crippen LogP contribution in [-0.2, 0) is 9.59 Å². The van der Waals surface area contributed by atoms with E-state index in [1.807, 2.05) is 0 Å². The van der Waals surface area contributed by atoms with Gasteiger partial charge in [0.05, 0.1) is 4.75 Å². The van der Waals surface area contributed by atoms with Crippen molar-refractivity contribution in [3.05, 3.63) is 24.1 Å². The maximum Gasteiger partial charge on any atom is 0.490 e. The van der Waals surface area contributed by atoms with Gasteiger partial charge in [0.2, 0.25) is 0 Å². The largest absolute Gasteiger partial charge is 0.490 e. The summed E-state index contributed by atoms with van der Waals surface area (Å²) in [6, 6.07) is 2.84. The standard InChI is InChI=1S/C15H16F2N2O2S.C2HF3O2/c16-11-2-1-5-18-12(11)21-10-6-14(22-7-10)8-19(9-14)13(20)15(17)3-4-15;3-2(4,5)1(6)7/h1-2,5,10H,3-4,6-9H2;(H,6,7). The molecule has 1 saturated carbocycles. The first-order chi connectivity index (χ1) is 13.4. The van der Waals surface area contributed by atoms with E-state index in [1.54, 1.807) is 16.7 Å². The molecule has 0 radical (unpaired) electrons. The molecule has 6 nitrogen and oxygen atoms in total. The van der Waals surface area contributed by atoms with Crippen molar-refractivity contribution in [3.63, 3.8) is 0 Å². The van der Waals surface area contributed by atoms with E-state index in [-0.39, 0.29) is 22.6 Å². The molecule has 0 bridgehead atoms. The molecule has 1 aliphatic carbocycles. The van der Waals surface area contributed by atoms with Crippen molar-refractivity contribution in [2.75, 3.05) is 18.8 Å². The number of nitrogens with zero attached hydrogens (tertiary/aromatic N) is 2. The number of pyridine rings is 1. The summed E-state index contributed by atoms with van der Waals surface area (Å²) < 4.78 is 64.6. The number of alkyl halides is 4. The highest BCUT2D eigenvalue weighted by Gasteiger charge is 2.59. The maximum atomic E-state index is 13.8. The average Bonchev–Trinajstić information content (AvgIpc) is 3.22. The van der Waals surface area contributed by atoms with Crippen molar-refractivity contribution in [3.8, 4) is 5.88 Å². The molecular formula is C17H17F5N2O4S. The molecule has 1 unspecified atom stereocenters. The van der Waals surface area contributed by atoms with Crippen LogP contribution in [0, 0.1) is 5.82 Å². The smallest absolute Gasteiger partial charge is 0.475 e. The van der Waals surface area contributed by atoms with Gasteiger partial charge in [0.25, 0.3) is 11.8 Å². The van der Waals surface area contributed by atoms with Gasteiger partial charge in [-0.15, -0.1) is 11.8 Å². The van der Waals surface area contributed by atoms with Gasteiger partial charge in [-0.2, -0.15) is 13.2 Å². The Hall–Kier alpha value is -2.11. The first kappa shape index (κ1) is 21.6.